The molecule has 0 bridgehead atoms. The maximum atomic E-state index is 13.6. The first-order valence-corrected chi connectivity index (χ1v) is 16.4. The minimum Gasteiger partial charge on any atom is -0.387 e. The van der Waals surface area contributed by atoms with Crippen molar-refractivity contribution in [1.82, 2.24) is 19.5 Å². The van der Waals surface area contributed by atoms with E-state index in [-0.39, 0.29) is 59.2 Å². The van der Waals surface area contributed by atoms with Crippen LogP contribution in [0.5, 0.6) is 0 Å². The molecule has 1 unspecified atom stereocenters. The normalized spacial score (nSPS) is 24.0. The third-order valence-electron chi connectivity index (χ3n) is 6.75. The Kier molecular flexibility index (Phi) is 11.2. The number of hydrogen-bond acceptors (Lipinski definition) is 16. The van der Waals surface area contributed by atoms with Crippen LogP contribution < -0.4 is 16.6 Å². The fourth-order valence-corrected chi connectivity index (χ4v) is 6.21. The predicted octanol–water partition coefficient (Wildman–Crippen LogP) is 2.20. The van der Waals surface area contributed by atoms with Crippen LogP contribution in [0.2, 0.25) is 0 Å². The number of anilines is 2. The molecule has 248 valence electrons. The van der Waals surface area contributed by atoms with E-state index in [9.17, 15) is 24.4 Å². The van der Waals surface area contributed by atoms with Gasteiger partial charge in [-0.1, -0.05) is 53.3 Å². The summed E-state index contributed by atoms with van der Waals surface area (Å²) in [5, 5.41) is 23.4. The van der Waals surface area contributed by atoms with Crippen LogP contribution in [0.25, 0.3) is 11.2 Å². The maximum absolute atomic E-state index is 13.6. The van der Waals surface area contributed by atoms with Crippen molar-refractivity contribution in [2.45, 2.75) is 78.9 Å². The van der Waals surface area contributed by atoms with E-state index < -0.39 is 49.3 Å². The fourth-order valence-electron chi connectivity index (χ4n) is 4.11. The molecule has 1 fully saturated rings. The van der Waals surface area contributed by atoms with Gasteiger partial charge in [0.25, 0.3) is 0 Å². The Hall–Kier alpha value is -2.21. The summed E-state index contributed by atoms with van der Waals surface area (Å²) in [7, 11) is -2.77. The molecular formula is C26H44N7O9PS. The van der Waals surface area contributed by atoms with Crippen molar-refractivity contribution < 1.29 is 42.7 Å². The molecule has 0 amide bonds. The Labute approximate surface area is 260 Å². The van der Waals surface area contributed by atoms with Crippen molar-refractivity contribution in [3.05, 3.63) is 6.33 Å². The third kappa shape index (κ3) is 8.53. The number of carbonyl (C=O) groups excluding carboxylic acids is 2. The molecule has 1 aliphatic heterocycles. The second-order valence-electron chi connectivity index (χ2n) is 12.8. The highest BCUT2D eigenvalue weighted by molar-refractivity contribution is 8.13. The summed E-state index contributed by atoms with van der Waals surface area (Å²) in [6.45, 7) is 11.0. The summed E-state index contributed by atoms with van der Waals surface area (Å²) < 4.78 is 37.4. The van der Waals surface area contributed by atoms with Crippen molar-refractivity contribution in [3.63, 3.8) is 0 Å². The third-order valence-corrected chi connectivity index (χ3v) is 9.46. The standard InChI is InChI=1S/C26H44N7O9PS/c1-24(2,3)16(34)9-10-39-43(38,40-11-12-44-22(36)25(4,5)6)41-13-15-18(35)26(7,37)21(42-15)33-14-29-17-19(32(8)28)30-23(27)31-20(17)33/h14-15,18,21,35,37H,9-13,28H2,1-8H3,(H2,27,30,31)/t15-,18-,21-,26-,43?/m1/s1. The number of hydrazine groups is 1. The molecule has 3 rings (SSSR count). The number of carbonyl (C=O) groups is 2. The maximum Gasteiger partial charge on any atom is 0.474 e. The summed E-state index contributed by atoms with van der Waals surface area (Å²) in [5.41, 5.74) is 3.22. The number of ketones is 1. The lowest BCUT2D eigenvalue weighted by atomic mass is 9.89. The van der Waals surface area contributed by atoms with E-state index in [1.54, 1.807) is 48.6 Å². The lowest BCUT2D eigenvalue weighted by molar-refractivity contribution is -0.126. The Bertz CT molecular complexity index is 1390. The largest absolute Gasteiger partial charge is 0.474 e. The van der Waals surface area contributed by atoms with Crippen LogP contribution in [-0.4, -0.2) is 91.1 Å². The summed E-state index contributed by atoms with van der Waals surface area (Å²) in [6, 6.07) is 0. The molecule has 0 saturated carbocycles. The number of nitrogens with two attached hydrogens (primary N) is 2. The number of phosphoric acid groups is 1. The molecule has 0 aromatic carbocycles. The molecule has 18 heteroatoms. The van der Waals surface area contributed by atoms with Crippen molar-refractivity contribution in [2.24, 2.45) is 16.7 Å². The number of nitrogens with zero attached hydrogens (tertiary/aromatic N) is 5. The molecular weight excluding hydrogens is 617 g/mol. The zero-order valence-electron chi connectivity index (χ0n) is 26.3. The molecule has 1 saturated heterocycles. The molecule has 0 radical (unpaired) electrons. The molecule has 3 heterocycles. The summed E-state index contributed by atoms with van der Waals surface area (Å²) in [4.78, 5) is 37.2. The first-order chi connectivity index (χ1) is 20.2. The van der Waals surface area contributed by atoms with Crippen LogP contribution in [0.15, 0.2) is 6.33 Å². The Balaban J connectivity index is 1.76. The predicted molar refractivity (Wildman–Crippen MR) is 164 cm³/mol. The molecule has 16 nitrogen and oxygen atoms in total. The SMILES string of the molecule is CN(N)c1nc(N)nc2c1ncn2[C@@H]1O[C@H](COP(=O)(OCCSC(=O)C(C)(C)C)OCCC(=O)C(C)(C)C)[C@@H](O)[C@@]1(C)O. The lowest BCUT2D eigenvalue weighted by Gasteiger charge is -2.27. The number of hydrogen-bond donors (Lipinski definition) is 4. The molecule has 6 N–H and O–H groups in total. The van der Waals surface area contributed by atoms with Gasteiger partial charge in [-0.2, -0.15) is 9.97 Å². The second kappa shape index (κ2) is 13.6. The van der Waals surface area contributed by atoms with Gasteiger partial charge in [0.2, 0.25) is 5.95 Å². The van der Waals surface area contributed by atoms with Gasteiger partial charge in [0.15, 0.2) is 28.3 Å². The number of aliphatic hydroxyl groups excluding tert-OH is 1. The van der Waals surface area contributed by atoms with Gasteiger partial charge < -0.3 is 20.7 Å². The van der Waals surface area contributed by atoms with Crippen LogP contribution in [0.4, 0.5) is 11.8 Å². The van der Waals surface area contributed by atoms with Gasteiger partial charge in [0, 0.05) is 30.1 Å². The topological polar surface area (TPSA) is 227 Å². The number of imidazole rings is 1. The number of aliphatic hydroxyl groups is 2. The van der Waals surface area contributed by atoms with Crippen LogP contribution >= 0.6 is 19.6 Å². The van der Waals surface area contributed by atoms with Crippen molar-refractivity contribution >= 4 is 53.4 Å². The summed E-state index contributed by atoms with van der Waals surface area (Å²) >= 11 is 1.02. The molecule has 2 aromatic heterocycles. The van der Waals surface area contributed by atoms with Gasteiger partial charge >= 0.3 is 7.82 Å². The van der Waals surface area contributed by atoms with Crippen LogP contribution in [0.3, 0.4) is 0 Å². The van der Waals surface area contributed by atoms with Gasteiger partial charge in [0.1, 0.15) is 23.6 Å². The number of ether oxygens (including phenoxy) is 1. The van der Waals surface area contributed by atoms with E-state index >= 15 is 0 Å². The van der Waals surface area contributed by atoms with Crippen molar-refractivity contribution in [3.8, 4) is 0 Å². The van der Waals surface area contributed by atoms with Gasteiger partial charge in [-0.15, -0.1) is 0 Å². The van der Waals surface area contributed by atoms with Gasteiger partial charge in [0.05, 0.1) is 26.1 Å². The Morgan fingerprint density at radius 1 is 1.16 bits per heavy atom. The summed E-state index contributed by atoms with van der Waals surface area (Å²) in [6.07, 6.45) is -2.68. The Morgan fingerprint density at radius 2 is 1.80 bits per heavy atom. The van der Waals surface area contributed by atoms with Crippen LogP contribution in [-0.2, 0) is 32.5 Å². The molecule has 0 aliphatic carbocycles. The highest BCUT2D eigenvalue weighted by Gasteiger charge is 2.54. The van der Waals surface area contributed by atoms with E-state index in [0.717, 1.165) is 11.8 Å². The summed E-state index contributed by atoms with van der Waals surface area (Å²) in [5.74, 6) is 6.03. The smallest absolute Gasteiger partial charge is 0.387 e. The molecule has 0 spiro atoms. The van der Waals surface area contributed by atoms with Crippen LogP contribution in [0.1, 0.15) is 61.1 Å². The monoisotopic (exact) mass is 661 g/mol. The van der Waals surface area contributed by atoms with E-state index in [4.69, 9.17) is 29.9 Å². The minimum atomic E-state index is -4.32. The number of rotatable bonds is 13. The van der Waals surface area contributed by atoms with Crippen molar-refractivity contribution in [1.29, 1.82) is 0 Å². The lowest BCUT2D eigenvalue weighted by Crippen LogP contribution is -2.44. The fraction of sp³-hybridized carbons (Fsp3) is 0.731. The van der Waals surface area contributed by atoms with Gasteiger partial charge in [-0.25, -0.2) is 15.4 Å². The zero-order valence-corrected chi connectivity index (χ0v) is 28.1. The quantitative estimate of drug-likeness (QED) is 0.104. The van der Waals surface area contributed by atoms with Crippen molar-refractivity contribution in [2.75, 3.05) is 43.4 Å². The molecule has 1 aliphatic rings. The van der Waals surface area contributed by atoms with Gasteiger partial charge in [-0.05, 0) is 6.92 Å². The average Bonchev–Trinajstić information content (AvgIpc) is 3.41. The minimum absolute atomic E-state index is 0.0462. The molecule has 5 atom stereocenters. The number of fused-ring (bicyclic) bond motifs is 1. The molecule has 2 aromatic rings. The van der Waals surface area contributed by atoms with E-state index in [0.29, 0.717) is 0 Å². The Morgan fingerprint density at radius 3 is 2.39 bits per heavy atom. The second-order valence-corrected chi connectivity index (χ2v) is 15.5. The molecule has 44 heavy (non-hydrogen) atoms. The first-order valence-electron chi connectivity index (χ1n) is 14.0. The first kappa shape index (κ1) is 36.3. The number of aromatic nitrogens is 4. The number of nitrogen functional groups attached to an aromatic ring is 1. The van der Waals surface area contributed by atoms with E-state index in [1.165, 1.54) is 22.8 Å². The number of thioether (sulfide) groups is 1. The van der Waals surface area contributed by atoms with E-state index in [1.807, 2.05) is 0 Å². The number of phosphoric ester groups is 1. The van der Waals surface area contributed by atoms with Crippen LogP contribution in [0, 0.1) is 10.8 Å². The highest BCUT2D eigenvalue weighted by atomic mass is 32.2. The highest BCUT2D eigenvalue weighted by Crippen LogP contribution is 2.51. The zero-order chi connectivity index (χ0) is 33.3. The number of Topliss-reactive ketones (excluding diaryl/α,β-unsaturated/α-hetero) is 1. The van der Waals surface area contributed by atoms with Gasteiger partial charge in [-0.3, -0.25) is 32.7 Å². The average molecular weight is 662 g/mol. The van der Waals surface area contributed by atoms with E-state index in [2.05, 4.69) is 15.0 Å².